The molecule has 35 heavy (non-hydrogen) atoms. The molecule has 1 atom stereocenters. The van der Waals surface area contributed by atoms with Crippen molar-refractivity contribution in [2.45, 2.75) is 19.4 Å². The number of carbonyl (C=O) groups excluding carboxylic acids is 2. The van der Waals surface area contributed by atoms with E-state index >= 15 is 0 Å². The summed E-state index contributed by atoms with van der Waals surface area (Å²) in [6.45, 7) is 0.603. The highest BCUT2D eigenvalue weighted by atomic mass is 19.1. The van der Waals surface area contributed by atoms with Gasteiger partial charge in [-0.2, -0.15) is 0 Å². The maximum Gasteiger partial charge on any atom is 0.232 e. The van der Waals surface area contributed by atoms with Gasteiger partial charge in [-0.3, -0.25) is 9.59 Å². The molecular formula is C27H24FN5O2. The van der Waals surface area contributed by atoms with Crippen LogP contribution in [0.2, 0.25) is 0 Å². The molecule has 0 bridgehead atoms. The Morgan fingerprint density at radius 1 is 1.03 bits per heavy atom. The number of nitrogens with one attached hydrogen (secondary N) is 1. The molecule has 4 aromatic rings. The Balaban J connectivity index is 1.32. The minimum absolute atomic E-state index is 0.0320. The average Bonchev–Trinajstić information content (AvgIpc) is 3.38. The van der Waals surface area contributed by atoms with E-state index in [4.69, 9.17) is 0 Å². The molecule has 1 amide bonds. The summed E-state index contributed by atoms with van der Waals surface area (Å²) in [6.07, 6.45) is 3.67. The molecule has 8 heteroatoms. The second-order valence-electron chi connectivity index (χ2n) is 8.58. The molecule has 1 aromatic heterocycles. The minimum atomic E-state index is -0.559. The Kier molecular flexibility index (Phi) is 6.34. The maximum atomic E-state index is 14.1. The summed E-state index contributed by atoms with van der Waals surface area (Å²) >= 11 is 0. The van der Waals surface area contributed by atoms with E-state index < -0.39 is 11.7 Å². The maximum absolute atomic E-state index is 14.1. The van der Waals surface area contributed by atoms with Gasteiger partial charge in [0.1, 0.15) is 11.6 Å². The van der Waals surface area contributed by atoms with Gasteiger partial charge in [0, 0.05) is 19.4 Å². The quantitative estimate of drug-likeness (QED) is 0.439. The number of hydrogen-bond acceptors (Lipinski definition) is 5. The van der Waals surface area contributed by atoms with Crippen LogP contribution in [0.25, 0.3) is 5.69 Å². The zero-order valence-electron chi connectivity index (χ0n) is 19.0. The molecule has 0 unspecified atom stereocenters. The van der Waals surface area contributed by atoms with Crippen molar-refractivity contribution >= 4 is 23.1 Å². The Bertz CT molecular complexity index is 1320. The molecule has 1 N–H and O–H groups in total. The Labute approximate surface area is 202 Å². The number of rotatable bonds is 7. The molecule has 1 aliphatic rings. The number of fused-ring (bicyclic) bond motifs is 1. The van der Waals surface area contributed by atoms with E-state index in [1.165, 1.54) is 12.1 Å². The molecule has 3 aromatic carbocycles. The fraction of sp³-hybridized carbons (Fsp3) is 0.185. The summed E-state index contributed by atoms with van der Waals surface area (Å²) in [5.74, 6) is -1.20. The number of hydrogen-bond donors (Lipinski definition) is 1. The van der Waals surface area contributed by atoms with Crippen molar-refractivity contribution in [3.63, 3.8) is 0 Å². The highest BCUT2D eigenvalue weighted by Crippen LogP contribution is 2.33. The Hall–Kier alpha value is -4.33. The molecule has 0 radical (unpaired) electrons. The lowest BCUT2D eigenvalue weighted by Crippen LogP contribution is -2.37. The van der Waals surface area contributed by atoms with Gasteiger partial charge in [0.15, 0.2) is 0 Å². The van der Waals surface area contributed by atoms with Gasteiger partial charge in [0.2, 0.25) is 5.91 Å². The molecule has 2 heterocycles. The third-order valence-corrected chi connectivity index (χ3v) is 6.09. The highest BCUT2D eigenvalue weighted by molar-refractivity contribution is 6.01. The smallest absolute Gasteiger partial charge is 0.232 e. The lowest BCUT2D eigenvalue weighted by Gasteiger charge is -2.25. The first kappa shape index (κ1) is 22.5. The van der Waals surface area contributed by atoms with Gasteiger partial charge in [0.05, 0.1) is 41.9 Å². The molecule has 5 rings (SSSR count). The van der Waals surface area contributed by atoms with Crippen LogP contribution in [0.15, 0.2) is 85.2 Å². The first-order valence-corrected chi connectivity index (χ1v) is 11.4. The van der Waals surface area contributed by atoms with Crippen LogP contribution in [0.5, 0.6) is 0 Å². The number of carbonyl (C=O) groups is 2. The van der Waals surface area contributed by atoms with Crippen molar-refractivity contribution in [3.05, 3.63) is 102 Å². The number of halogens is 1. The topological polar surface area (TPSA) is 80.1 Å². The van der Waals surface area contributed by atoms with Crippen molar-refractivity contribution in [1.29, 1.82) is 0 Å². The van der Waals surface area contributed by atoms with Crippen molar-refractivity contribution in [2.24, 2.45) is 5.92 Å². The van der Waals surface area contributed by atoms with E-state index in [2.05, 4.69) is 15.6 Å². The Morgan fingerprint density at radius 2 is 1.83 bits per heavy atom. The standard InChI is InChI=1S/C27H24FN5O2/c28-22-8-11-25-26(16-22)32(18-20-4-2-1-3-5-20)27(35)21(17-29-25)15-24(34)14-19-6-9-23(10-7-19)33-13-12-30-31-33/h1-13,16,21,29H,14-15,17-18H2/t21-/m0/s1. The lowest BCUT2D eigenvalue weighted by atomic mass is 9.96. The monoisotopic (exact) mass is 469 g/mol. The first-order chi connectivity index (χ1) is 17.1. The van der Waals surface area contributed by atoms with Crippen LogP contribution in [-0.4, -0.2) is 33.2 Å². The van der Waals surface area contributed by atoms with E-state index in [1.54, 1.807) is 28.0 Å². The number of benzene rings is 3. The molecule has 0 saturated heterocycles. The number of nitrogens with zero attached hydrogens (tertiary/aromatic N) is 4. The van der Waals surface area contributed by atoms with Gasteiger partial charge in [-0.25, -0.2) is 9.07 Å². The van der Waals surface area contributed by atoms with Crippen LogP contribution in [-0.2, 0) is 22.6 Å². The van der Waals surface area contributed by atoms with E-state index in [0.717, 1.165) is 16.8 Å². The van der Waals surface area contributed by atoms with E-state index in [1.807, 2.05) is 54.6 Å². The zero-order valence-corrected chi connectivity index (χ0v) is 19.0. The summed E-state index contributed by atoms with van der Waals surface area (Å²) in [5, 5.41) is 11.0. The number of ketones is 1. The van der Waals surface area contributed by atoms with Crippen molar-refractivity contribution in [2.75, 3.05) is 16.8 Å². The number of anilines is 2. The van der Waals surface area contributed by atoms with E-state index in [0.29, 0.717) is 24.5 Å². The summed E-state index contributed by atoms with van der Waals surface area (Å²) in [6, 6.07) is 21.4. The van der Waals surface area contributed by atoms with Gasteiger partial charge < -0.3 is 10.2 Å². The Morgan fingerprint density at radius 3 is 2.57 bits per heavy atom. The predicted octanol–water partition coefficient (Wildman–Crippen LogP) is 4.18. The van der Waals surface area contributed by atoms with Gasteiger partial charge >= 0.3 is 0 Å². The fourth-order valence-corrected chi connectivity index (χ4v) is 4.31. The van der Waals surface area contributed by atoms with Crippen LogP contribution in [0.1, 0.15) is 17.5 Å². The molecule has 7 nitrogen and oxygen atoms in total. The van der Waals surface area contributed by atoms with Crippen molar-refractivity contribution in [3.8, 4) is 5.69 Å². The highest BCUT2D eigenvalue weighted by Gasteiger charge is 2.32. The second kappa shape index (κ2) is 9.89. The number of Topliss-reactive ketones (excluding diaryl/α,β-unsaturated/α-hetero) is 1. The van der Waals surface area contributed by atoms with Gasteiger partial charge in [-0.15, -0.1) is 5.10 Å². The summed E-state index contributed by atoms with van der Waals surface area (Å²) in [5.41, 5.74) is 3.80. The summed E-state index contributed by atoms with van der Waals surface area (Å²) in [7, 11) is 0. The van der Waals surface area contributed by atoms with Gasteiger partial charge in [0.25, 0.3) is 0 Å². The normalized spacial score (nSPS) is 15.3. The summed E-state index contributed by atoms with van der Waals surface area (Å²) in [4.78, 5) is 28.1. The minimum Gasteiger partial charge on any atom is -0.383 e. The van der Waals surface area contributed by atoms with Crippen LogP contribution in [0.3, 0.4) is 0 Å². The molecule has 1 aliphatic heterocycles. The van der Waals surface area contributed by atoms with Crippen molar-refractivity contribution < 1.29 is 14.0 Å². The second-order valence-corrected chi connectivity index (χ2v) is 8.58. The summed E-state index contributed by atoms with van der Waals surface area (Å²) < 4.78 is 15.7. The third-order valence-electron chi connectivity index (χ3n) is 6.09. The molecule has 0 aliphatic carbocycles. The van der Waals surface area contributed by atoms with Gasteiger partial charge in [-0.05, 0) is 41.5 Å². The fourth-order valence-electron chi connectivity index (χ4n) is 4.31. The van der Waals surface area contributed by atoms with Crippen molar-refractivity contribution in [1.82, 2.24) is 15.0 Å². The largest absolute Gasteiger partial charge is 0.383 e. The first-order valence-electron chi connectivity index (χ1n) is 11.4. The molecule has 176 valence electrons. The molecular weight excluding hydrogens is 445 g/mol. The molecule has 0 fully saturated rings. The number of aromatic nitrogens is 3. The van der Waals surface area contributed by atoms with Crippen LogP contribution in [0, 0.1) is 11.7 Å². The molecule has 0 saturated carbocycles. The predicted molar refractivity (Wildman–Crippen MR) is 131 cm³/mol. The van der Waals surface area contributed by atoms with Gasteiger partial charge in [-0.1, -0.05) is 47.7 Å². The SMILES string of the molecule is O=C(Cc1ccc(-n2ccnn2)cc1)C[C@H]1CNc2ccc(F)cc2N(Cc2ccccc2)C1=O. The van der Waals surface area contributed by atoms with Crippen LogP contribution in [0.4, 0.5) is 15.8 Å². The number of amides is 1. The zero-order chi connectivity index (χ0) is 24.2. The van der Waals surface area contributed by atoms with E-state index in [-0.39, 0.29) is 24.5 Å². The van der Waals surface area contributed by atoms with Crippen LogP contribution >= 0.6 is 0 Å². The average molecular weight is 470 g/mol. The van der Waals surface area contributed by atoms with E-state index in [9.17, 15) is 14.0 Å². The molecule has 0 spiro atoms. The lowest BCUT2D eigenvalue weighted by molar-refractivity contribution is -0.127. The van der Waals surface area contributed by atoms with Crippen LogP contribution < -0.4 is 10.2 Å². The third kappa shape index (κ3) is 5.11.